The van der Waals surface area contributed by atoms with Crippen molar-refractivity contribution < 1.29 is 22.3 Å². The van der Waals surface area contributed by atoms with Gasteiger partial charge in [0.1, 0.15) is 5.82 Å². The zero-order valence-corrected chi connectivity index (χ0v) is 6.94. The average Bonchev–Trinajstić information content (AvgIpc) is 2.10. The van der Waals surface area contributed by atoms with Crippen molar-refractivity contribution in [1.82, 2.24) is 0 Å². The fourth-order valence-electron chi connectivity index (χ4n) is 0.950. The standard InChI is InChI=1S/C8H7F4NO/c9-5-1-2-6(14-8(11)12)7(10)4(5)3-13/h1-2,8H,3,13H2. The fourth-order valence-corrected chi connectivity index (χ4v) is 0.950. The van der Waals surface area contributed by atoms with Crippen molar-refractivity contribution >= 4 is 0 Å². The quantitative estimate of drug-likeness (QED) is 0.773. The van der Waals surface area contributed by atoms with Crippen molar-refractivity contribution in [2.24, 2.45) is 5.73 Å². The highest BCUT2D eigenvalue weighted by Crippen LogP contribution is 2.24. The van der Waals surface area contributed by atoms with Gasteiger partial charge < -0.3 is 10.5 Å². The summed E-state index contributed by atoms with van der Waals surface area (Å²) in [4.78, 5) is 0. The van der Waals surface area contributed by atoms with Crippen LogP contribution >= 0.6 is 0 Å². The Bertz CT molecular complexity index is 329. The minimum absolute atomic E-state index is 0.419. The van der Waals surface area contributed by atoms with E-state index < -0.39 is 36.1 Å². The Hall–Kier alpha value is -1.30. The summed E-state index contributed by atoms with van der Waals surface area (Å²) in [5.41, 5.74) is 4.56. The predicted octanol–water partition coefficient (Wildman–Crippen LogP) is 2.02. The van der Waals surface area contributed by atoms with Gasteiger partial charge >= 0.3 is 6.61 Å². The maximum absolute atomic E-state index is 13.1. The second kappa shape index (κ2) is 4.28. The Morgan fingerprint density at radius 1 is 1.29 bits per heavy atom. The number of benzene rings is 1. The van der Waals surface area contributed by atoms with Crippen LogP contribution in [-0.4, -0.2) is 6.61 Å². The van der Waals surface area contributed by atoms with Crippen LogP contribution in [0.2, 0.25) is 0 Å². The summed E-state index contributed by atoms with van der Waals surface area (Å²) >= 11 is 0. The Morgan fingerprint density at radius 2 is 1.93 bits per heavy atom. The molecule has 2 N–H and O–H groups in total. The first-order valence-corrected chi connectivity index (χ1v) is 3.68. The normalized spacial score (nSPS) is 10.7. The van der Waals surface area contributed by atoms with Gasteiger partial charge in [-0.2, -0.15) is 8.78 Å². The molecule has 0 aliphatic carbocycles. The van der Waals surface area contributed by atoms with Gasteiger partial charge in [0.05, 0.1) is 0 Å². The van der Waals surface area contributed by atoms with E-state index in [2.05, 4.69) is 4.74 Å². The minimum Gasteiger partial charge on any atom is -0.432 e. The molecule has 0 bridgehead atoms. The molecule has 0 fully saturated rings. The Labute approximate surface area is 77.3 Å². The lowest BCUT2D eigenvalue weighted by Crippen LogP contribution is -2.08. The Kier molecular flexibility index (Phi) is 3.29. The van der Waals surface area contributed by atoms with E-state index >= 15 is 0 Å². The van der Waals surface area contributed by atoms with Gasteiger partial charge in [-0.3, -0.25) is 0 Å². The summed E-state index contributed by atoms with van der Waals surface area (Å²) in [6.45, 7) is -3.57. The molecule has 2 nitrogen and oxygen atoms in total. The lowest BCUT2D eigenvalue weighted by Gasteiger charge is -2.08. The molecule has 0 amide bonds. The van der Waals surface area contributed by atoms with Crippen LogP contribution in [0.3, 0.4) is 0 Å². The highest BCUT2D eigenvalue weighted by atomic mass is 19.3. The van der Waals surface area contributed by atoms with Gasteiger partial charge in [0, 0.05) is 12.1 Å². The van der Waals surface area contributed by atoms with E-state index in [1.807, 2.05) is 0 Å². The Morgan fingerprint density at radius 3 is 2.43 bits per heavy atom. The molecule has 6 heteroatoms. The summed E-state index contributed by atoms with van der Waals surface area (Å²) in [5.74, 6) is -2.78. The molecule has 0 aliphatic rings. The summed E-state index contributed by atoms with van der Waals surface area (Å²) in [7, 11) is 0. The van der Waals surface area contributed by atoms with Crippen LogP contribution in [0.1, 0.15) is 5.56 Å². The van der Waals surface area contributed by atoms with Crippen molar-refractivity contribution in [3.05, 3.63) is 29.3 Å². The van der Waals surface area contributed by atoms with E-state index in [4.69, 9.17) is 5.73 Å². The van der Waals surface area contributed by atoms with E-state index in [1.54, 1.807) is 0 Å². The first kappa shape index (κ1) is 10.8. The van der Waals surface area contributed by atoms with Crippen LogP contribution in [0.25, 0.3) is 0 Å². The molecule has 0 heterocycles. The highest BCUT2D eigenvalue weighted by molar-refractivity contribution is 5.32. The van der Waals surface area contributed by atoms with Crippen LogP contribution in [0.4, 0.5) is 17.6 Å². The molecule has 78 valence electrons. The van der Waals surface area contributed by atoms with Crippen molar-refractivity contribution in [3.8, 4) is 5.75 Å². The molecule has 1 rings (SSSR count). The van der Waals surface area contributed by atoms with Gasteiger partial charge in [-0.25, -0.2) is 8.78 Å². The van der Waals surface area contributed by atoms with Crippen LogP contribution in [0, 0.1) is 11.6 Å². The van der Waals surface area contributed by atoms with E-state index in [0.717, 1.165) is 12.1 Å². The molecule has 0 spiro atoms. The van der Waals surface area contributed by atoms with Gasteiger partial charge in [0.15, 0.2) is 11.6 Å². The number of hydrogen-bond donors (Lipinski definition) is 1. The molecule has 1 aromatic carbocycles. The molecule has 0 atom stereocenters. The monoisotopic (exact) mass is 209 g/mol. The maximum atomic E-state index is 13.1. The van der Waals surface area contributed by atoms with E-state index in [0.29, 0.717) is 0 Å². The van der Waals surface area contributed by atoms with Crippen LogP contribution in [0.5, 0.6) is 5.75 Å². The summed E-state index contributed by atoms with van der Waals surface area (Å²) < 4.78 is 53.2. The number of rotatable bonds is 3. The van der Waals surface area contributed by atoms with Gasteiger partial charge in [-0.05, 0) is 12.1 Å². The first-order valence-electron chi connectivity index (χ1n) is 3.68. The Balaban J connectivity index is 3.08. The average molecular weight is 209 g/mol. The smallest absolute Gasteiger partial charge is 0.387 e. The van der Waals surface area contributed by atoms with E-state index in [1.165, 1.54) is 0 Å². The number of halogens is 4. The molecule has 14 heavy (non-hydrogen) atoms. The highest BCUT2D eigenvalue weighted by Gasteiger charge is 2.15. The third kappa shape index (κ3) is 2.14. The van der Waals surface area contributed by atoms with Crippen molar-refractivity contribution in [3.63, 3.8) is 0 Å². The fraction of sp³-hybridized carbons (Fsp3) is 0.250. The van der Waals surface area contributed by atoms with Gasteiger partial charge in [0.2, 0.25) is 0 Å². The van der Waals surface area contributed by atoms with Gasteiger partial charge in [0.25, 0.3) is 0 Å². The van der Waals surface area contributed by atoms with Crippen LogP contribution in [-0.2, 0) is 6.54 Å². The molecule has 0 radical (unpaired) electrons. The maximum Gasteiger partial charge on any atom is 0.387 e. The molecular weight excluding hydrogens is 202 g/mol. The topological polar surface area (TPSA) is 35.2 Å². The van der Waals surface area contributed by atoms with Crippen molar-refractivity contribution in [2.75, 3.05) is 0 Å². The minimum atomic E-state index is -3.15. The van der Waals surface area contributed by atoms with E-state index in [9.17, 15) is 17.6 Å². The number of hydrogen-bond acceptors (Lipinski definition) is 2. The summed E-state index contributed by atoms with van der Waals surface area (Å²) in [5, 5.41) is 0. The SMILES string of the molecule is NCc1c(F)ccc(OC(F)F)c1F. The lowest BCUT2D eigenvalue weighted by molar-refractivity contribution is -0.0523. The van der Waals surface area contributed by atoms with Crippen LogP contribution in [0.15, 0.2) is 12.1 Å². The molecular formula is C8H7F4NO. The van der Waals surface area contributed by atoms with E-state index in [-0.39, 0.29) is 0 Å². The van der Waals surface area contributed by atoms with Crippen molar-refractivity contribution in [2.45, 2.75) is 13.2 Å². The zero-order chi connectivity index (χ0) is 10.7. The second-order valence-electron chi connectivity index (χ2n) is 2.42. The molecule has 0 aromatic heterocycles. The van der Waals surface area contributed by atoms with Gasteiger partial charge in [-0.15, -0.1) is 0 Å². The first-order chi connectivity index (χ1) is 6.56. The molecule has 0 unspecified atom stereocenters. The third-order valence-corrected chi connectivity index (χ3v) is 1.57. The largest absolute Gasteiger partial charge is 0.432 e. The second-order valence-corrected chi connectivity index (χ2v) is 2.42. The predicted molar refractivity (Wildman–Crippen MR) is 40.9 cm³/mol. The summed E-state index contributed by atoms with van der Waals surface area (Å²) in [6.07, 6.45) is 0. The number of nitrogens with two attached hydrogens (primary N) is 1. The van der Waals surface area contributed by atoms with Crippen molar-refractivity contribution in [1.29, 1.82) is 0 Å². The third-order valence-electron chi connectivity index (χ3n) is 1.57. The molecule has 1 aromatic rings. The van der Waals surface area contributed by atoms with Gasteiger partial charge in [-0.1, -0.05) is 0 Å². The number of ether oxygens (including phenoxy) is 1. The molecule has 0 saturated heterocycles. The van der Waals surface area contributed by atoms with Crippen LogP contribution < -0.4 is 10.5 Å². The molecule has 0 aliphatic heterocycles. The zero-order valence-electron chi connectivity index (χ0n) is 6.94. The number of alkyl halides is 2. The summed E-state index contributed by atoms with van der Waals surface area (Å²) in [6, 6.07) is 1.61. The molecule has 0 saturated carbocycles. The lowest BCUT2D eigenvalue weighted by atomic mass is 10.2.